The second kappa shape index (κ2) is 8.22. The van der Waals surface area contributed by atoms with E-state index in [1.54, 1.807) is 12.0 Å². The fourth-order valence-electron chi connectivity index (χ4n) is 2.49. The van der Waals surface area contributed by atoms with Crippen molar-refractivity contribution in [1.29, 1.82) is 0 Å². The summed E-state index contributed by atoms with van der Waals surface area (Å²) in [5.41, 5.74) is 1.04. The topological polar surface area (TPSA) is 38.8 Å². The summed E-state index contributed by atoms with van der Waals surface area (Å²) in [6.07, 6.45) is 0. The summed E-state index contributed by atoms with van der Waals surface area (Å²) >= 11 is 0. The third kappa shape index (κ3) is 4.49. The molecule has 1 amide bonds. The van der Waals surface area contributed by atoms with Gasteiger partial charge < -0.3 is 14.4 Å². The fourth-order valence-corrected chi connectivity index (χ4v) is 2.49. The Balaban J connectivity index is 2.03. The van der Waals surface area contributed by atoms with Crippen LogP contribution in [0, 0.1) is 0 Å². The molecule has 0 heterocycles. The van der Waals surface area contributed by atoms with Crippen molar-refractivity contribution < 1.29 is 14.3 Å². The summed E-state index contributed by atoms with van der Waals surface area (Å²) in [5, 5.41) is 0. The van der Waals surface area contributed by atoms with Gasteiger partial charge in [-0.05, 0) is 43.7 Å². The Kier molecular flexibility index (Phi) is 6.03. The van der Waals surface area contributed by atoms with E-state index in [0.29, 0.717) is 12.3 Å². The first-order chi connectivity index (χ1) is 11.2. The number of rotatable bonds is 7. The molecule has 0 bridgehead atoms. The Bertz CT molecular complexity index is 628. The van der Waals surface area contributed by atoms with E-state index in [1.807, 2.05) is 68.4 Å². The van der Waals surface area contributed by atoms with Gasteiger partial charge in [-0.3, -0.25) is 4.79 Å². The van der Waals surface area contributed by atoms with Gasteiger partial charge in [0.2, 0.25) is 0 Å². The highest BCUT2D eigenvalue weighted by atomic mass is 16.5. The molecular weight excluding hydrogens is 290 g/mol. The maximum absolute atomic E-state index is 12.5. The van der Waals surface area contributed by atoms with E-state index in [-0.39, 0.29) is 18.6 Å². The molecule has 0 aliphatic heterocycles. The normalized spacial score (nSPS) is 11.6. The van der Waals surface area contributed by atoms with Crippen molar-refractivity contribution >= 4 is 5.91 Å². The van der Waals surface area contributed by atoms with Crippen LogP contribution in [-0.2, 0) is 4.79 Å². The lowest BCUT2D eigenvalue weighted by atomic mass is 10.1. The molecule has 4 nitrogen and oxygen atoms in total. The maximum Gasteiger partial charge on any atom is 0.260 e. The Morgan fingerprint density at radius 3 is 2.43 bits per heavy atom. The van der Waals surface area contributed by atoms with E-state index in [4.69, 9.17) is 9.47 Å². The molecule has 1 unspecified atom stereocenters. The number of methoxy groups -OCH3 is 1. The third-order valence-corrected chi connectivity index (χ3v) is 3.81. The molecule has 1 atom stereocenters. The van der Waals surface area contributed by atoms with E-state index >= 15 is 0 Å². The molecule has 0 fully saturated rings. The van der Waals surface area contributed by atoms with Gasteiger partial charge in [0, 0.05) is 6.54 Å². The minimum atomic E-state index is -0.0398. The van der Waals surface area contributed by atoms with Crippen LogP contribution in [-0.4, -0.2) is 31.1 Å². The SMILES string of the molecule is CCN(C(=O)COc1ccccc1)C(C)c1cccc(OC)c1. The van der Waals surface area contributed by atoms with Gasteiger partial charge in [-0.15, -0.1) is 0 Å². The number of hydrogen-bond acceptors (Lipinski definition) is 3. The van der Waals surface area contributed by atoms with Crippen LogP contribution < -0.4 is 9.47 Å². The number of amides is 1. The monoisotopic (exact) mass is 313 g/mol. The van der Waals surface area contributed by atoms with Crippen molar-refractivity contribution in [3.8, 4) is 11.5 Å². The summed E-state index contributed by atoms with van der Waals surface area (Å²) in [5.74, 6) is 1.45. The molecule has 0 spiro atoms. The molecule has 2 rings (SSSR count). The second-order valence-electron chi connectivity index (χ2n) is 5.23. The zero-order valence-corrected chi connectivity index (χ0v) is 13.9. The van der Waals surface area contributed by atoms with Gasteiger partial charge in [-0.2, -0.15) is 0 Å². The first-order valence-electron chi connectivity index (χ1n) is 7.77. The Hall–Kier alpha value is -2.49. The lowest BCUT2D eigenvalue weighted by Crippen LogP contribution is -2.36. The van der Waals surface area contributed by atoms with E-state index in [0.717, 1.165) is 11.3 Å². The molecule has 4 heteroatoms. The highest BCUT2D eigenvalue weighted by molar-refractivity contribution is 5.78. The lowest BCUT2D eigenvalue weighted by molar-refractivity contribution is -0.135. The van der Waals surface area contributed by atoms with Gasteiger partial charge in [-0.25, -0.2) is 0 Å². The molecule has 2 aromatic carbocycles. The smallest absolute Gasteiger partial charge is 0.260 e. The van der Waals surface area contributed by atoms with Crippen LogP contribution in [0.25, 0.3) is 0 Å². The quantitative estimate of drug-likeness (QED) is 0.782. The standard InChI is InChI=1S/C19H23NO3/c1-4-20(15(2)16-9-8-12-18(13-16)22-3)19(21)14-23-17-10-6-5-7-11-17/h5-13,15H,4,14H2,1-3H3. The van der Waals surface area contributed by atoms with Crippen molar-refractivity contribution in [2.45, 2.75) is 19.9 Å². The van der Waals surface area contributed by atoms with Crippen molar-refractivity contribution in [3.63, 3.8) is 0 Å². The summed E-state index contributed by atoms with van der Waals surface area (Å²) in [6.45, 7) is 4.64. The first-order valence-corrected chi connectivity index (χ1v) is 7.77. The minimum Gasteiger partial charge on any atom is -0.497 e. The average molecular weight is 313 g/mol. The van der Waals surface area contributed by atoms with Gasteiger partial charge in [0.05, 0.1) is 13.2 Å². The number of nitrogens with zero attached hydrogens (tertiary/aromatic N) is 1. The molecule has 2 aromatic rings. The van der Waals surface area contributed by atoms with Crippen molar-refractivity contribution in [3.05, 3.63) is 60.2 Å². The van der Waals surface area contributed by atoms with Crippen LogP contribution in [0.4, 0.5) is 0 Å². The van der Waals surface area contributed by atoms with E-state index in [9.17, 15) is 4.79 Å². The summed E-state index contributed by atoms with van der Waals surface area (Å²) < 4.78 is 10.8. The Morgan fingerprint density at radius 2 is 1.78 bits per heavy atom. The van der Waals surface area contributed by atoms with Crippen LogP contribution >= 0.6 is 0 Å². The van der Waals surface area contributed by atoms with Gasteiger partial charge >= 0.3 is 0 Å². The number of likely N-dealkylation sites (N-methyl/N-ethyl adjacent to an activating group) is 1. The minimum absolute atomic E-state index is 0.0339. The molecule has 0 saturated carbocycles. The van der Waals surface area contributed by atoms with E-state index < -0.39 is 0 Å². The molecule has 0 aromatic heterocycles. The summed E-state index contributed by atoms with van der Waals surface area (Å²) in [4.78, 5) is 14.3. The van der Waals surface area contributed by atoms with Crippen molar-refractivity contribution in [2.75, 3.05) is 20.3 Å². The number of benzene rings is 2. The summed E-state index contributed by atoms with van der Waals surface area (Å²) in [7, 11) is 1.64. The number of ether oxygens (including phenoxy) is 2. The second-order valence-corrected chi connectivity index (χ2v) is 5.23. The van der Waals surface area contributed by atoms with E-state index in [2.05, 4.69) is 0 Å². The molecule has 122 valence electrons. The van der Waals surface area contributed by atoms with Crippen LogP contribution in [0.5, 0.6) is 11.5 Å². The number of para-hydroxylation sites is 1. The maximum atomic E-state index is 12.5. The molecular formula is C19H23NO3. The predicted molar refractivity (Wildman–Crippen MR) is 90.7 cm³/mol. The number of carbonyl (C=O) groups excluding carboxylic acids is 1. The third-order valence-electron chi connectivity index (χ3n) is 3.81. The Labute approximate surface area is 137 Å². The summed E-state index contributed by atoms with van der Waals surface area (Å²) in [6, 6.07) is 17.1. The number of carbonyl (C=O) groups is 1. The van der Waals surface area contributed by atoms with Gasteiger partial charge in [0.1, 0.15) is 11.5 Å². The molecule has 0 aliphatic carbocycles. The molecule has 0 aliphatic rings. The van der Waals surface area contributed by atoms with Crippen molar-refractivity contribution in [1.82, 2.24) is 4.90 Å². The van der Waals surface area contributed by atoms with E-state index in [1.165, 1.54) is 0 Å². The Morgan fingerprint density at radius 1 is 1.09 bits per heavy atom. The molecule has 0 saturated heterocycles. The largest absolute Gasteiger partial charge is 0.497 e. The highest BCUT2D eigenvalue weighted by Gasteiger charge is 2.20. The van der Waals surface area contributed by atoms with Crippen LogP contribution in [0.3, 0.4) is 0 Å². The van der Waals surface area contributed by atoms with Gasteiger partial charge in [0.15, 0.2) is 6.61 Å². The van der Waals surface area contributed by atoms with Crippen LogP contribution in [0.15, 0.2) is 54.6 Å². The molecule has 23 heavy (non-hydrogen) atoms. The first kappa shape index (κ1) is 16.9. The molecule has 0 N–H and O–H groups in total. The average Bonchev–Trinajstić information content (AvgIpc) is 2.61. The molecule has 0 radical (unpaired) electrons. The van der Waals surface area contributed by atoms with Crippen molar-refractivity contribution in [2.24, 2.45) is 0 Å². The van der Waals surface area contributed by atoms with Crippen LogP contribution in [0.1, 0.15) is 25.5 Å². The highest BCUT2D eigenvalue weighted by Crippen LogP contribution is 2.24. The lowest BCUT2D eigenvalue weighted by Gasteiger charge is -2.28. The van der Waals surface area contributed by atoms with Gasteiger partial charge in [0.25, 0.3) is 5.91 Å². The zero-order valence-electron chi connectivity index (χ0n) is 13.9. The van der Waals surface area contributed by atoms with Crippen LogP contribution in [0.2, 0.25) is 0 Å². The zero-order chi connectivity index (χ0) is 16.7. The number of hydrogen-bond donors (Lipinski definition) is 0. The fraction of sp³-hybridized carbons (Fsp3) is 0.316. The van der Waals surface area contributed by atoms with Gasteiger partial charge in [-0.1, -0.05) is 30.3 Å². The predicted octanol–water partition coefficient (Wildman–Crippen LogP) is 3.68.